The van der Waals surface area contributed by atoms with Crippen molar-refractivity contribution in [2.24, 2.45) is 5.16 Å². The molecule has 0 saturated heterocycles. The first-order valence-electron chi connectivity index (χ1n) is 9.13. The van der Waals surface area contributed by atoms with Crippen molar-refractivity contribution < 1.29 is 9.57 Å². The Morgan fingerprint density at radius 1 is 1.17 bits per heavy atom. The number of pyridine rings is 1. The van der Waals surface area contributed by atoms with E-state index in [4.69, 9.17) is 21.8 Å². The second-order valence-electron chi connectivity index (χ2n) is 7.12. The number of ether oxygens (including phenoxy) is 1. The molecule has 0 saturated carbocycles. The molecule has 1 unspecified atom stereocenters. The predicted molar refractivity (Wildman–Crippen MR) is 125 cm³/mol. The fourth-order valence-electron chi connectivity index (χ4n) is 2.57. The second-order valence-corrected chi connectivity index (χ2v) is 8.47. The van der Waals surface area contributed by atoms with Crippen LogP contribution in [0.3, 0.4) is 0 Å². The van der Waals surface area contributed by atoms with Crippen LogP contribution in [-0.4, -0.2) is 27.8 Å². The molecule has 0 fully saturated rings. The first kappa shape index (κ1) is 21.2. The summed E-state index contributed by atoms with van der Waals surface area (Å²) < 4.78 is 6.94. The van der Waals surface area contributed by atoms with E-state index in [1.54, 1.807) is 12.4 Å². The standard InChI is InChI=1S/C22H22BrN3O2S/c1-15(27-19-9-10-20-16(12-19)11-17(23)13-24-20)21(29)26-22(2,3)14-25-28-18-7-5-4-6-8-18/h4-15H,1-3H3,(H,26,29). The van der Waals surface area contributed by atoms with Gasteiger partial charge >= 0.3 is 0 Å². The van der Waals surface area contributed by atoms with Crippen LogP contribution in [0.25, 0.3) is 10.9 Å². The average Bonchev–Trinajstić information content (AvgIpc) is 2.68. The van der Waals surface area contributed by atoms with Gasteiger partial charge < -0.3 is 14.9 Å². The van der Waals surface area contributed by atoms with Crippen molar-refractivity contribution >= 4 is 50.3 Å². The fourth-order valence-corrected chi connectivity index (χ4v) is 3.23. The summed E-state index contributed by atoms with van der Waals surface area (Å²) in [6.07, 6.45) is 3.14. The normalized spacial score (nSPS) is 12.7. The van der Waals surface area contributed by atoms with Gasteiger partial charge in [0.2, 0.25) is 0 Å². The van der Waals surface area contributed by atoms with Crippen molar-refractivity contribution in [3.63, 3.8) is 0 Å². The van der Waals surface area contributed by atoms with Gasteiger partial charge in [0.1, 0.15) is 16.8 Å². The molecule has 0 bridgehead atoms. The van der Waals surface area contributed by atoms with Crippen LogP contribution in [0.4, 0.5) is 0 Å². The molecular formula is C22H22BrN3O2S. The number of oxime groups is 1. The number of para-hydroxylation sites is 1. The van der Waals surface area contributed by atoms with Crippen LogP contribution < -0.4 is 14.9 Å². The van der Waals surface area contributed by atoms with E-state index in [2.05, 4.69) is 31.4 Å². The molecule has 0 aliphatic rings. The third kappa shape index (κ3) is 6.24. The third-order valence-corrected chi connectivity index (χ3v) is 4.89. The zero-order chi connectivity index (χ0) is 20.9. The van der Waals surface area contributed by atoms with Crippen molar-refractivity contribution in [1.29, 1.82) is 0 Å². The highest BCUT2D eigenvalue weighted by molar-refractivity contribution is 9.10. The van der Waals surface area contributed by atoms with Gasteiger partial charge in [0, 0.05) is 16.1 Å². The first-order chi connectivity index (χ1) is 13.8. The molecule has 3 aromatic rings. The lowest BCUT2D eigenvalue weighted by Crippen LogP contribution is -2.48. The van der Waals surface area contributed by atoms with Crippen molar-refractivity contribution in [3.05, 3.63) is 65.3 Å². The van der Waals surface area contributed by atoms with Gasteiger partial charge in [-0.05, 0) is 73.1 Å². The van der Waals surface area contributed by atoms with E-state index in [0.717, 1.165) is 21.1 Å². The Morgan fingerprint density at radius 2 is 1.93 bits per heavy atom. The lowest BCUT2D eigenvalue weighted by molar-refractivity contribution is 0.283. The van der Waals surface area contributed by atoms with Gasteiger partial charge in [0.25, 0.3) is 0 Å². The van der Waals surface area contributed by atoms with E-state index in [9.17, 15) is 0 Å². The minimum atomic E-state index is -0.498. The summed E-state index contributed by atoms with van der Waals surface area (Å²) in [4.78, 5) is 10.3. The number of hydrogen-bond acceptors (Lipinski definition) is 5. The molecule has 1 aromatic heterocycles. The molecule has 0 amide bonds. The van der Waals surface area contributed by atoms with Gasteiger partial charge in [-0.15, -0.1) is 0 Å². The lowest BCUT2D eigenvalue weighted by atomic mass is 10.1. The van der Waals surface area contributed by atoms with E-state index >= 15 is 0 Å². The molecule has 0 spiro atoms. The Kier molecular flexibility index (Phi) is 6.82. The molecule has 7 heteroatoms. The number of nitrogens with one attached hydrogen (secondary N) is 1. The predicted octanol–water partition coefficient (Wildman–Crippen LogP) is 5.53. The molecular weight excluding hydrogens is 450 g/mol. The van der Waals surface area contributed by atoms with Crippen LogP contribution in [0.2, 0.25) is 0 Å². The molecule has 1 N–H and O–H groups in total. The van der Waals surface area contributed by atoms with Crippen molar-refractivity contribution in [2.75, 3.05) is 0 Å². The zero-order valence-corrected chi connectivity index (χ0v) is 18.8. The van der Waals surface area contributed by atoms with Crippen LogP contribution in [0.5, 0.6) is 11.5 Å². The topological polar surface area (TPSA) is 55.7 Å². The maximum Gasteiger partial charge on any atom is 0.157 e. The minimum Gasteiger partial charge on any atom is -0.484 e. The quantitative estimate of drug-likeness (QED) is 0.279. The molecule has 1 heterocycles. The number of halogens is 1. The van der Waals surface area contributed by atoms with Gasteiger partial charge in [-0.25, -0.2) is 0 Å². The molecule has 0 aliphatic heterocycles. The van der Waals surface area contributed by atoms with Crippen LogP contribution in [0.1, 0.15) is 20.8 Å². The summed E-state index contributed by atoms with van der Waals surface area (Å²) in [5, 5.41) is 8.31. The van der Waals surface area contributed by atoms with Gasteiger partial charge in [-0.3, -0.25) is 4.98 Å². The Hall–Kier alpha value is -2.51. The summed E-state index contributed by atoms with van der Waals surface area (Å²) in [7, 11) is 0. The van der Waals surface area contributed by atoms with Crippen molar-refractivity contribution in [2.45, 2.75) is 32.4 Å². The van der Waals surface area contributed by atoms with Crippen molar-refractivity contribution in [3.8, 4) is 11.5 Å². The lowest BCUT2D eigenvalue weighted by Gasteiger charge is -2.26. The number of benzene rings is 2. The molecule has 1 atom stereocenters. The summed E-state index contributed by atoms with van der Waals surface area (Å²) >= 11 is 8.97. The summed E-state index contributed by atoms with van der Waals surface area (Å²) in [5.41, 5.74) is 0.409. The molecule has 0 aliphatic carbocycles. The number of rotatable bonds is 7. The van der Waals surface area contributed by atoms with Crippen molar-refractivity contribution in [1.82, 2.24) is 10.3 Å². The van der Waals surface area contributed by atoms with Gasteiger partial charge in [0.15, 0.2) is 5.75 Å². The number of aromatic nitrogens is 1. The van der Waals surface area contributed by atoms with E-state index in [-0.39, 0.29) is 6.10 Å². The number of fused-ring (bicyclic) bond motifs is 1. The molecule has 2 aromatic carbocycles. The van der Waals surface area contributed by atoms with Gasteiger partial charge in [-0.2, -0.15) is 0 Å². The molecule has 150 valence electrons. The number of hydrogen-bond donors (Lipinski definition) is 1. The van der Waals surface area contributed by atoms with E-state index in [0.29, 0.717) is 10.7 Å². The molecule has 0 radical (unpaired) electrons. The third-order valence-electron chi connectivity index (χ3n) is 4.02. The first-order valence-corrected chi connectivity index (χ1v) is 10.3. The van der Waals surface area contributed by atoms with Gasteiger partial charge in [-0.1, -0.05) is 35.6 Å². The largest absolute Gasteiger partial charge is 0.484 e. The SMILES string of the molecule is CC(Oc1ccc2ncc(Br)cc2c1)C(=S)NC(C)(C)C=NOc1ccccc1. The second kappa shape index (κ2) is 9.33. The molecule has 29 heavy (non-hydrogen) atoms. The summed E-state index contributed by atoms with van der Waals surface area (Å²) in [6, 6.07) is 17.2. The fraction of sp³-hybridized carbons (Fsp3) is 0.227. The highest BCUT2D eigenvalue weighted by atomic mass is 79.9. The maximum atomic E-state index is 6.02. The van der Waals surface area contributed by atoms with Crippen LogP contribution >= 0.6 is 28.1 Å². The van der Waals surface area contributed by atoms with Gasteiger partial charge in [0.05, 0.1) is 17.3 Å². The Labute approximate surface area is 184 Å². The zero-order valence-electron chi connectivity index (χ0n) is 16.4. The summed E-state index contributed by atoms with van der Waals surface area (Å²) in [5.74, 6) is 1.41. The van der Waals surface area contributed by atoms with E-state index in [1.807, 2.05) is 75.4 Å². The monoisotopic (exact) mass is 471 g/mol. The van der Waals surface area contributed by atoms with E-state index < -0.39 is 5.54 Å². The molecule has 3 rings (SSSR count). The van der Waals surface area contributed by atoms with Crippen LogP contribution in [0, 0.1) is 0 Å². The number of nitrogens with zero attached hydrogens (tertiary/aromatic N) is 2. The smallest absolute Gasteiger partial charge is 0.157 e. The Balaban J connectivity index is 1.59. The average molecular weight is 472 g/mol. The minimum absolute atomic E-state index is 0.315. The van der Waals surface area contributed by atoms with E-state index in [1.165, 1.54) is 0 Å². The maximum absolute atomic E-state index is 6.02. The highest BCUT2D eigenvalue weighted by Gasteiger charge is 2.20. The Morgan fingerprint density at radius 3 is 2.69 bits per heavy atom. The van der Waals surface area contributed by atoms with Crippen LogP contribution in [-0.2, 0) is 0 Å². The highest BCUT2D eigenvalue weighted by Crippen LogP contribution is 2.23. The Bertz CT molecular complexity index is 1030. The summed E-state index contributed by atoms with van der Waals surface area (Å²) in [6.45, 7) is 5.83. The number of thiocarbonyl (C=S) groups is 1. The van der Waals surface area contributed by atoms with Crippen LogP contribution in [0.15, 0.2) is 70.4 Å². The molecule has 5 nitrogen and oxygen atoms in total.